The Labute approximate surface area is 132 Å². The first-order valence-corrected chi connectivity index (χ1v) is 7.81. The predicted octanol–water partition coefficient (Wildman–Crippen LogP) is 3.83. The number of thiophene rings is 1. The highest BCUT2D eigenvalue weighted by Gasteiger charge is 2.21. The fourth-order valence-electron chi connectivity index (χ4n) is 1.62. The molecule has 0 fully saturated rings. The van der Waals surface area contributed by atoms with Gasteiger partial charge in [0.05, 0.1) is 14.9 Å². The number of amides is 1. The molecule has 19 heavy (non-hydrogen) atoms. The summed E-state index contributed by atoms with van der Waals surface area (Å²) in [7, 11) is 0. The Morgan fingerprint density at radius 2 is 2.16 bits per heavy atom. The summed E-state index contributed by atoms with van der Waals surface area (Å²) in [5.41, 5.74) is 5.94. The molecule has 1 aromatic rings. The lowest BCUT2D eigenvalue weighted by Gasteiger charge is -2.24. The number of carbonyl (C=O) groups is 1. The van der Waals surface area contributed by atoms with Gasteiger partial charge in [-0.2, -0.15) is 0 Å². The van der Waals surface area contributed by atoms with Crippen molar-refractivity contribution in [1.82, 2.24) is 4.90 Å². The highest BCUT2D eigenvalue weighted by molar-refractivity contribution is 7.80. The minimum absolute atomic E-state index is 0.127. The van der Waals surface area contributed by atoms with Gasteiger partial charge in [-0.15, -0.1) is 11.3 Å². The third-order valence-corrected chi connectivity index (χ3v) is 4.08. The number of hydrogen-bond acceptors (Lipinski definition) is 3. The fourth-order valence-corrected chi connectivity index (χ4v) is 3.16. The van der Waals surface area contributed by atoms with Crippen molar-refractivity contribution in [2.45, 2.75) is 20.3 Å². The molecule has 1 heterocycles. The second-order valence-corrected chi connectivity index (χ2v) is 7.41. The van der Waals surface area contributed by atoms with Crippen LogP contribution < -0.4 is 5.73 Å². The van der Waals surface area contributed by atoms with E-state index in [0.29, 0.717) is 44.7 Å². The van der Waals surface area contributed by atoms with Crippen LogP contribution in [0.1, 0.15) is 30.6 Å². The van der Waals surface area contributed by atoms with E-state index in [-0.39, 0.29) is 5.91 Å². The molecule has 7 heteroatoms. The highest BCUT2D eigenvalue weighted by atomic mass is 35.5. The SMILES string of the molecule is CC(C)CN(CCC(N)=S)C(=O)c1cc(Cl)sc1Cl. The normalized spacial score (nSPS) is 10.8. The van der Waals surface area contributed by atoms with E-state index in [1.165, 1.54) is 11.3 Å². The Kier molecular flexibility index (Phi) is 6.53. The van der Waals surface area contributed by atoms with Gasteiger partial charge in [-0.05, 0) is 12.0 Å². The number of halogens is 2. The minimum atomic E-state index is -0.127. The van der Waals surface area contributed by atoms with Gasteiger partial charge in [0.1, 0.15) is 4.34 Å². The van der Waals surface area contributed by atoms with Crippen molar-refractivity contribution in [3.63, 3.8) is 0 Å². The summed E-state index contributed by atoms with van der Waals surface area (Å²) in [6.45, 7) is 5.22. The lowest BCUT2D eigenvalue weighted by atomic mass is 10.2. The zero-order valence-electron chi connectivity index (χ0n) is 10.8. The zero-order valence-corrected chi connectivity index (χ0v) is 13.9. The van der Waals surface area contributed by atoms with Gasteiger partial charge in [-0.25, -0.2) is 0 Å². The summed E-state index contributed by atoms with van der Waals surface area (Å²) in [5.74, 6) is 0.223. The maximum Gasteiger partial charge on any atom is 0.256 e. The van der Waals surface area contributed by atoms with E-state index in [9.17, 15) is 4.79 Å². The smallest absolute Gasteiger partial charge is 0.256 e. The maximum absolute atomic E-state index is 12.4. The summed E-state index contributed by atoms with van der Waals surface area (Å²) in [6.07, 6.45) is 0.503. The molecule has 2 N–H and O–H groups in total. The molecule has 0 saturated carbocycles. The van der Waals surface area contributed by atoms with Gasteiger partial charge in [-0.1, -0.05) is 49.3 Å². The average Bonchev–Trinajstić information content (AvgIpc) is 2.62. The van der Waals surface area contributed by atoms with Crippen LogP contribution in [0, 0.1) is 5.92 Å². The van der Waals surface area contributed by atoms with Gasteiger partial charge < -0.3 is 10.6 Å². The number of carbonyl (C=O) groups excluding carboxylic acids is 1. The van der Waals surface area contributed by atoms with Crippen molar-refractivity contribution in [1.29, 1.82) is 0 Å². The highest BCUT2D eigenvalue weighted by Crippen LogP contribution is 2.32. The van der Waals surface area contributed by atoms with Gasteiger partial charge in [0.25, 0.3) is 5.91 Å². The molecule has 0 aliphatic rings. The Balaban J connectivity index is 2.86. The molecule has 0 radical (unpaired) electrons. The lowest BCUT2D eigenvalue weighted by Crippen LogP contribution is -2.36. The first-order valence-electron chi connectivity index (χ1n) is 5.83. The molecule has 0 saturated heterocycles. The van der Waals surface area contributed by atoms with E-state index in [2.05, 4.69) is 0 Å². The summed E-state index contributed by atoms with van der Waals surface area (Å²) in [6, 6.07) is 1.60. The average molecular weight is 339 g/mol. The van der Waals surface area contributed by atoms with Crippen molar-refractivity contribution in [2.75, 3.05) is 13.1 Å². The number of nitrogens with zero attached hydrogens (tertiary/aromatic N) is 1. The summed E-state index contributed by atoms with van der Waals surface area (Å²) in [5, 5.41) is 0. The first kappa shape index (κ1) is 16.7. The number of thiocarbonyl (C=S) groups is 1. The zero-order chi connectivity index (χ0) is 14.6. The van der Waals surface area contributed by atoms with Gasteiger partial charge >= 0.3 is 0 Å². The molecule has 0 aliphatic carbocycles. The molecule has 3 nitrogen and oxygen atoms in total. The second-order valence-electron chi connectivity index (χ2n) is 4.60. The summed E-state index contributed by atoms with van der Waals surface area (Å²) in [4.78, 5) is 14.5. The number of rotatable bonds is 6. The number of hydrogen-bond donors (Lipinski definition) is 1. The maximum atomic E-state index is 12.4. The van der Waals surface area contributed by atoms with Crippen LogP contribution in [-0.2, 0) is 0 Å². The second kappa shape index (κ2) is 7.43. The Morgan fingerprint density at radius 3 is 2.58 bits per heavy atom. The van der Waals surface area contributed by atoms with Crippen LogP contribution in [-0.4, -0.2) is 28.9 Å². The standard InChI is InChI=1S/C12H16Cl2N2OS2/c1-7(2)6-16(4-3-10(15)18)12(17)8-5-9(13)19-11(8)14/h5,7H,3-4,6H2,1-2H3,(H2,15,18). The van der Waals surface area contributed by atoms with E-state index in [0.717, 1.165) is 0 Å². The molecule has 0 bridgehead atoms. The van der Waals surface area contributed by atoms with Crippen LogP contribution in [0.3, 0.4) is 0 Å². The third-order valence-electron chi connectivity index (χ3n) is 2.39. The number of nitrogens with two attached hydrogens (primary N) is 1. The van der Waals surface area contributed by atoms with Gasteiger partial charge in [-0.3, -0.25) is 4.79 Å². The van der Waals surface area contributed by atoms with E-state index in [4.69, 9.17) is 41.2 Å². The van der Waals surface area contributed by atoms with Gasteiger partial charge in [0.2, 0.25) is 0 Å². The van der Waals surface area contributed by atoms with E-state index in [1.807, 2.05) is 13.8 Å². The van der Waals surface area contributed by atoms with E-state index in [1.54, 1.807) is 11.0 Å². The molecule has 0 aliphatic heterocycles. The Bertz CT molecular complexity index is 474. The van der Waals surface area contributed by atoms with Crippen LogP contribution in [0.15, 0.2) is 6.07 Å². The van der Waals surface area contributed by atoms with Crippen LogP contribution >= 0.6 is 46.8 Å². The van der Waals surface area contributed by atoms with Gasteiger partial charge in [0.15, 0.2) is 0 Å². The molecule has 1 amide bonds. The van der Waals surface area contributed by atoms with Crippen molar-refractivity contribution in [3.05, 3.63) is 20.3 Å². The quantitative estimate of drug-likeness (QED) is 0.801. The molecule has 106 valence electrons. The Hall–Kier alpha value is -0.360. The molecule has 0 unspecified atom stereocenters. The van der Waals surface area contributed by atoms with Crippen LogP contribution in [0.25, 0.3) is 0 Å². The summed E-state index contributed by atoms with van der Waals surface area (Å²) >= 11 is 17.9. The molecule has 1 rings (SSSR count). The minimum Gasteiger partial charge on any atom is -0.393 e. The van der Waals surface area contributed by atoms with Crippen molar-refractivity contribution < 1.29 is 4.79 Å². The molecule has 0 atom stereocenters. The topological polar surface area (TPSA) is 46.3 Å². The van der Waals surface area contributed by atoms with Crippen molar-refractivity contribution in [3.8, 4) is 0 Å². The monoisotopic (exact) mass is 338 g/mol. The van der Waals surface area contributed by atoms with Gasteiger partial charge in [0, 0.05) is 19.5 Å². The Morgan fingerprint density at radius 1 is 1.53 bits per heavy atom. The van der Waals surface area contributed by atoms with Crippen LogP contribution in [0.4, 0.5) is 0 Å². The first-order chi connectivity index (χ1) is 8.81. The van der Waals surface area contributed by atoms with Crippen LogP contribution in [0.5, 0.6) is 0 Å². The molecular weight excluding hydrogens is 323 g/mol. The molecule has 1 aromatic heterocycles. The van der Waals surface area contributed by atoms with Crippen molar-refractivity contribution in [2.24, 2.45) is 11.7 Å². The molecule has 0 spiro atoms. The van der Waals surface area contributed by atoms with Crippen molar-refractivity contribution >= 4 is 57.7 Å². The fraction of sp³-hybridized carbons (Fsp3) is 0.500. The van der Waals surface area contributed by atoms with E-state index < -0.39 is 0 Å². The van der Waals surface area contributed by atoms with Crippen LogP contribution in [0.2, 0.25) is 8.67 Å². The molecular formula is C12H16Cl2N2OS2. The third kappa shape index (κ3) is 5.26. The largest absolute Gasteiger partial charge is 0.393 e. The molecule has 0 aromatic carbocycles. The van der Waals surface area contributed by atoms with E-state index >= 15 is 0 Å². The predicted molar refractivity (Wildman–Crippen MR) is 86.5 cm³/mol. The summed E-state index contributed by atoms with van der Waals surface area (Å²) < 4.78 is 0.922. The lowest BCUT2D eigenvalue weighted by molar-refractivity contribution is 0.0742.